The van der Waals surface area contributed by atoms with Crippen LogP contribution in [0.4, 0.5) is 5.95 Å². The van der Waals surface area contributed by atoms with Crippen molar-refractivity contribution in [2.45, 2.75) is 19.9 Å². The molecular weight excluding hydrogens is 390 g/mol. The number of benzene rings is 2. The number of methoxy groups -OCH3 is 1. The fourth-order valence-corrected chi connectivity index (χ4v) is 3.32. The molecule has 0 saturated carbocycles. The van der Waals surface area contributed by atoms with Crippen LogP contribution in [0.5, 0.6) is 5.75 Å². The van der Waals surface area contributed by atoms with Crippen LogP contribution in [0.1, 0.15) is 13.8 Å². The van der Waals surface area contributed by atoms with E-state index in [1.54, 1.807) is 7.11 Å². The van der Waals surface area contributed by atoms with Crippen LogP contribution in [0.15, 0.2) is 41.0 Å². The monoisotopic (exact) mass is 405 g/mol. The molecule has 24 heavy (non-hydrogen) atoms. The number of fused-ring (bicyclic) bond motifs is 1. The van der Waals surface area contributed by atoms with Crippen LogP contribution in [0.2, 0.25) is 5.02 Å². The smallest absolute Gasteiger partial charge is 0.223 e. The molecule has 3 rings (SSSR count). The molecule has 3 aromatic rings. The summed E-state index contributed by atoms with van der Waals surface area (Å²) in [6.07, 6.45) is 1.82. The second kappa shape index (κ2) is 6.95. The predicted molar refractivity (Wildman–Crippen MR) is 103 cm³/mol. The summed E-state index contributed by atoms with van der Waals surface area (Å²) in [5.74, 6) is 1.26. The van der Waals surface area contributed by atoms with E-state index in [0.717, 1.165) is 26.5 Å². The first-order valence-electron chi connectivity index (χ1n) is 7.55. The minimum absolute atomic E-state index is 0.244. The Morgan fingerprint density at radius 1 is 1.25 bits per heavy atom. The largest absolute Gasteiger partial charge is 0.493 e. The first-order valence-corrected chi connectivity index (χ1v) is 8.72. The molecule has 0 saturated heterocycles. The SMILES string of the molecule is COc1c(Br)cc(-c2cccc(Cl)c2)c2cnc(NC(C)C)nc12. The molecule has 6 heteroatoms. The molecule has 1 aromatic heterocycles. The van der Waals surface area contributed by atoms with Gasteiger partial charge in [0, 0.05) is 22.6 Å². The van der Waals surface area contributed by atoms with E-state index in [9.17, 15) is 0 Å². The third kappa shape index (κ3) is 3.32. The summed E-state index contributed by atoms with van der Waals surface area (Å²) < 4.78 is 6.38. The van der Waals surface area contributed by atoms with Gasteiger partial charge in [-0.05, 0) is 59.1 Å². The highest BCUT2D eigenvalue weighted by Gasteiger charge is 2.16. The van der Waals surface area contributed by atoms with Crippen LogP contribution in [-0.2, 0) is 0 Å². The van der Waals surface area contributed by atoms with Gasteiger partial charge in [-0.2, -0.15) is 0 Å². The van der Waals surface area contributed by atoms with Gasteiger partial charge in [-0.1, -0.05) is 23.7 Å². The molecule has 1 heterocycles. The molecule has 0 bridgehead atoms. The zero-order valence-corrected chi connectivity index (χ0v) is 15.9. The molecule has 1 N–H and O–H groups in total. The van der Waals surface area contributed by atoms with Crippen molar-refractivity contribution < 1.29 is 4.74 Å². The number of nitrogens with zero attached hydrogens (tertiary/aromatic N) is 2. The Labute approximate surface area is 154 Å². The number of halogens is 2. The molecule has 0 spiro atoms. The summed E-state index contributed by atoms with van der Waals surface area (Å²) >= 11 is 9.73. The minimum Gasteiger partial charge on any atom is -0.493 e. The number of ether oxygens (including phenoxy) is 1. The number of rotatable bonds is 4. The molecule has 0 unspecified atom stereocenters. The average Bonchev–Trinajstić information content (AvgIpc) is 2.53. The summed E-state index contributed by atoms with van der Waals surface area (Å²) in [6, 6.07) is 9.97. The van der Waals surface area contributed by atoms with E-state index in [2.05, 4.69) is 31.2 Å². The highest BCUT2D eigenvalue weighted by atomic mass is 79.9. The summed E-state index contributed by atoms with van der Waals surface area (Å²) in [5.41, 5.74) is 2.75. The minimum atomic E-state index is 0.244. The molecule has 0 amide bonds. The first kappa shape index (κ1) is 17.0. The van der Waals surface area contributed by atoms with Crippen molar-refractivity contribution in [3.8, 4) is 16.9 Å². The molecule has 0 aliphatic heterocycles. The third-order valence-electron chi connectivity index (χ3n) is 3.54. The molecule has 2 aromatic carbocycles. The fourth-order valence-electron chi connectivity index (χ4n) is 2.55. The van der Waals surface area contributed by atoms with Crippen LogP contribution < -0.4 is 10.1 Å². The van der Waals surface area contributed by atoms with Crippen molar-refractivity contribution >= 4 is 44.4 Å². The van der Waals surface area contributed by atoms with E-state index in [1.165, 1.54) is 0 Å². The quantitative estimate of drug-likeness (QED) is 0.618. The number of anilines is 1. The van der Waals surface area contributed by atoms with E-state index in [0.29, 0.717) is 16.7 Å². The maximum Gasteiger partial charge on any atom is 0.223 e. The second-order valence-electron chi connectivity index (χ2n) is 5.70. The molecule has 124 valence electrons. The summed E-state index contributed by atoms with van der Waals surface area (Å²) in [5, 5.41) is 4.82. The Balaban J connectivity index is 2.28. The average molecular weight is 407 g/mol. The molecule has 0 aliphatic carbocycles. The molecule has 0 aliphatic rings. The van der Waals surface area contributed by atoms with Crippen LogP contribution in [0, 0.1) is 0 Å². The lowest BCUT2D eigenvalue weighted by atomic mass is 10.0. The highest BCUT2D eigenvalue weighted by Crippen LogP contribution is 2.39. The van der Waals surface area contributed by atoms with E-state index in [4.69, 9.17) is 16.3 Å². The summed E-state index contributed by atoms with van der Waals surface area (Å²) in [4.78, 5) is 9.08. The van der Waals surface area contributed by atoms with Gasteiger partial charge in [-0.3, -0.25) is 0 Å². The lowest BCUT2D eigenvalue weighted by Gasteiger charge is -2.14. The van der Waals surface area contributed by atoms with Crippen LogP contribution in [0.25, 0.3) is 22.0 Å². The molecule has 4 nitrogen and oxygen atoms in total. The van der Waals surface area contributed by atoms with Gasteiger partial charge in [-0.15, -0.1) is 0 Å². The van der Waals surface area contributed by atoms with E-state index in [1.807, 2.05) is 50.4 Å². The lowest BCUT2D eigenvalue weighted by molar-refractivity contribution is 0.416. The van der Waals surface area contributed by atoms with Crippen molar-refractivity contribution in [2.75, 3.05) is 12.4 Å². The predicted octanol–water partition coefficient (Wildman–Crippen LogP) is 5.54. The van der Waals surface area contributed by atoms with Crippen molar-refractivity contribution in [1.82, 2.24) is 9.97 Å². The maximum atomic E-state index is 6.15. The topological polar surface area (TPSA) is 47.0 Å². The molecular formula is C18H17BrClN3O. The molecule has 0 fully saturated rings. The lowest BCUT2D eigenvalue weighted by Crippen LogP contribution is -2.12. The van der Waals surface area contributed by atoms with Crippen molar-refractivity contribution in [1.29, 1.82) is 0 Å². The van der Waals surface area contributed by atoms with Crippen LogP contribution in [0.3, 0.4) is 0 Å². The molecule has 0 atom stereocenters. The van der Waals surface area contributed by atoms with Crippen molar-refractivity contribution in [3.05, 3.63) is 46.0 Å². The standard InChI is InChI=1S/C18H17BrClN3O/c1-10(2)22-18-21-9-14-13(11-5-4-6-12(20)7-11)8-15(19)17(24-3)16(14)23-18/h4-10H,1-3H3,(H,21,22,23). The van der Waals surface area contributed by atoms with Gasteiger partial charge < -0.3 is 10.1 Å². The van der Waals surface area contributed by atoms with Gasteiger partial charge in [0.05, 0.1) is 11.6 Å². The summed E-state index contributed by atoms with van der Waals surface area (Å²) in [7, 11) is 1.64. The van der Waals surface area contributed by atoms with Gasteiger partial charge in [0.15, 0.2) is 5.75 Å². The Bertz CT molecular complexity index is 899. The maximum absolute atomic E-state index is 6.15. The zero-order chi connectivity index (χ0) is 17.3. The fraction of sp³-hybridized carbons (Fsp3) is 0.222. The second-order valence-corrected chi connectivity index (χ2v) is 7.00. The van der Waals surface area contributed by atoms with Crippen molar-refractivity contribution in [3.63, 3.8) is 0 Å². The van der Waals surface area contributed by atoms with Crippen LogP contribution >= 0.6 is 27.5 Å². The van der Waals surface area contributed by atoms with Gasteiger partial charge in [0.1, 0.15) is 5.52 Å². The van der Waals surface area contributed by atoms with E-state index < -0.39 is 0 Å². The van der Waals surface area contributed by atoms with Gasteiger partial charge in [0.2, 0.25) is 5.95 Å². The molecule has 0 radical (unpaired) electrons. The normalized spacial score (nSPS) is 11.1. The van der Waals surface area contributed by atoms with Gasteiger partial charge in [0.25, 0.3) is 0 Å². The Morgan fingerprint density at radius 2 is 2.04 bits per heavy atom. The van der Waals surface area contributed by atoms with E-state index >= 15 is 0 Å². The Kier molecular flexibility index (Phi) is 4.92. The Hall–Kier alpha value is -1.85. The van der Waals surface area contributed by atoms with Crippen LogP contribution in [-0.4, -0.2) is 23.1 Å². The number of hydrogen-bond acceptors (Lipinski definition) is 4. The van der Waals surface area contributed by atoms with Gasteiger partial charge >= 0.3 is 0 Å². The van der Waals surface area contributed by atoms with Crippen molar-refractivity contribution in [2.24, 2.45) is 0 Å². The number of aromatic nitrogens is 2. The first-order chi connectivity index (χ1) is 11.5. The number of nitrogens with one attached hydrogen (secondary N) is 1. The third-order valence-corrected chi connectivity index (χ3v) is 4.36. The van der Waals surface area contributed by atoms with Gasteiger partial charge in [-0.25, -0.2) is 9.97 Å². The summed E-state index contributed by atoms with van der Waals surface area (Å²) in [6.45, 7) is 4.09. The zero-order valence-electron chi connectivity index (χ0n) is 13.6. The highest BCUT2D eigenvalue weighted by molar-refractivity contribution is 9.10. The number of hydrogen-bond donors (Lipinski definition) is 1. The van der Waals surface area contributed by atoms with E-state index in [-0.39, 0.29) is 6.04 Å². The Morgan fingerprint density at radius 3 is 2.71 bits per heavy atom.